The molecule has 5 heteroatoms. The van der Waals surface area contributed by atoms with Crippen molar-refractivity contribution in [2.45, 2.75) is 18.9 Å². The van der Waals surface area contributed by atoms with Crippen molar-refractivity contribution in [1.82, 2.24) is 15.2 Å². The molecule has 23 heavy (non-hydrogen) atoms. The van der Waals surface area contributed by atoms with Gasteiger partial charge in [-0.2, -0.15) is 0 Å². The van der Waals surface area contributed by atoms with E-state index < -0.39 is 0 Å². The third kappa shape index (κ3) is 3.68. The van der Waals surface area contributed by atoms with E-state index in [1.54, 1.807) is 12.1 Å². The first-order chi connectivity index (χ1) is 11.1. The van der Waals surface area contributed by atoms with Gasteiger partial charge in [-0.05, 0) is 44.1 Å². The fourth-order valence-corrected chi connectivity index (χ4v) is 2.99. The van der Waals surface area contributed by atoms with E-state index in [-0.39, 0.29) is 23.1 Å². The Kier molecular flexibility index (Phi) is 4.57. The van der Waals surface area contributed by atoms with Gasteiger partial charge in [0.2, 0.25) is 0 Å². The monoisotopic (exact) mass is 311 g/mol. The number of piperidine rings is 1. The molecular formula is C18H21N3O2. The largest absolute Gasteiger partial charge is 0.348 e. The molecule has 1 fully saturated rings. The summed E-state index contributed by atoms with van der Waals surface area (Å²) in [5.41, 5.74) is 1.45. The molecule has 1 saturated heterocycles. The average molecular weight is 311 g/mol. The summed E-state index contributed by atoms with van der Waals surface area (Å²) in [6.45, 7) is 1.88. The standard InChI is InChI=1S/C18H21N3O2/c1-21-11-5-8-14(12-21)19-17(22)15-9-10-16(20-18(15)23)13-6-3-2-4-7-13/h2-4,6-7,9-10,14H,5,8,11-12H2,1H3,(H,19,22)(H,20,23)/t14-/m0/s1. The van der Waals surface area contributed by atoms with Gasteiger partial charge in [0.1, 0.15) is 5.56 Å². The molecule has 0 spiro atoms. The predicted octanol–water partition coefficient (Wildman–Crippen LogP) is 1.87. The minimum Gasteiger partial charge on any atom is -0.348 e. The zero-order valence-corrected chi connectivity index (χ0v) is 13.2. The number of hydrogen-bond donors (Lipinski definition) is 2. The molecule has 3 rings (SSSR count). The van der Waals surface area contributed by atoms with Crippen LogP contribution in [0.1, 0.15) is 23.2 Å². The molecule has 120 valence electrons. The van der Waals surface area contributed by atoms with Gasteiger partial charge in [-0.3, -0.25) is 9.59 Å². The summed E-state index contributed by atoms with van der Waals surface area (Å²) in [7, 11) is 2.04. The SMILES string of the molecule is CN1CCC[C@H](NC(=O)c2ccc(-c3ccccc3)[nH]c2=O)C1. The van der Waals surface area contributed by atoms with Crippen LogP contribution in [0.25, 0.3) is 11.3 Å². The smallest absolute Gasteiger partial charge is 0.261 e. The van der Waals surface area contributed by atoms with E-state index in [0.717, 1.165) is 31.5 Å². The van der Waals surface area contributed by atoms with Crippen LogP contribution in [0.3, 0.4) is 0 Å². The average Bonchev–Trinajstić information content (AvgIpc) is 2.55. The van der Waals surface area contributed by atoms with Gasteiger partial charge in [0, 0.05) is 18.3 Å². The summed E-state index contributed by atoms with van der Waals surface area (Å²) < 4.78 is 0. The molecule has 1 aliphatic rings. The van der Waals surface area contributed by atoms with Crippen LogP contribution in [0.5, 0.6) is 0 Å². The Morgan fingerprint density at radius 3 is 2.70 bits per heavy atom. The highest BCUT2D eigenvalue weighted by molar-refractivity contribution is 5.94. The van der Waals surface area contributed by atoms with Crippen molar-refractivity contribution in [3.8, 4) is 11.3 Å². The topological polar surface area (TPSA) is 65.2 Å². The van der Waals surface area contributed by atoms with Gasteiger partial charge in [0.15, 0.2) is 0 Å². The van der Waals surface area contributed by atoms with Crippen LogP contribution in [0.15, 0.2) is 47.3 Å². The fraction of sp³-hybridized carbons (Fsp3) is 0.333. The van der Waals surface area contributed by atoms with E-state index in [4.69, 9.17) is 0 Å². The zero-order valence-electron chi connectivity index (χ0n) is 13.2. The molecule has 0 radical (unpaired) electrons. The second-order valence-electron chi connectivity index (χ2n) is 6.06. The van der Waals surface area contributed by atoms with Crippen LogP contribution >= 0.6 is 0 Å². The summed E-state index contributed by atoms with van der Waals surface area (Å²) in [4.78, 5) is 29.6. The maximum Gasteiger partial charge on any atom is 0.261 e. The number of pyridine rings is 1. The highest BCUT2D eigenvalue weighted by Crippen LogP contribution is 2.15. The molecular weight excluding hydrogens is 290 g/mol. The van der Waals surface area contributed by atoms with E-state index >= 15 is 0 Å². The first-order valence-electron chi connectivity index (χ1n) is 7.91. The number of rotatable bonds is 3. The number of nitrogens with one attached hydrogen (secondary N) is 2. The maximum absolute atomic E-state index is 12.3. The fourth-order valence-electron chi connectivity index (χ4n) is 2.99. The van der Waals surface area contributed by atoms with Crippen LogP contribution in [-0.4, -0.2) is 42.0 Å². The van der Waals surface area contributed by atoms with E-state index in [9.17, 15) is 9.59 Å². The molecule has 0 aliphatic carbocycles. The number of aromatic nitrogens is 1. The second kappa shape index (κ2) is 6.79. The van der Waals surface area contributed by atoms with Gasteiger partial charge in [-0.25, -0.2) is 0 Å². The molecule has 0 unspecified atom stereocenters. The molecule has 5 nitrogen and oxygen atoms in total. The minimum absolute atomic E-state index is 0.106. The van der Waals surface area contributed by atoms with Gasteiger partial charge >= 0.3 is 0 Å². The van der Waals surface area contributed by atoms with Crippen LogP contribution in [-0.2, 0) is 0 Å². The molecule has 0 saturated carbocycles. The number of H-pyrrole nitrogens is 1. The van der Waals surface area contributed by atoms with Crippen molar-refractivity contribution in [1.29, 1.82) is 0 Å². The van der Waals surface area contributed by atoms with Crippen molar-refractivity contribution < 1.29 is 4.79 Å². The number of benzene rings is 1. The quantitative estimate of drug-likeness (QED) is 0.909. The van der Waals surface area contributed by atoms with Gasteiger partial charge in [0.25, 0.3) is 11.5 Å². The summed E-state index contributed by atoms with van der Waals surface area (Å²) in [5.74, 6) is -0.300. The van der Waals surface area contributed by atoms with Gasteiger partial charge in [0.05, 0.1) is 0 Å². The number of amides is 1. The molecule has 2 aromatic rings. The summed E-state index contributed by atoms with van der Waals surface area (Å²) in [6.07, 6.45) is 2.01. The van der Waals surface area contributed by atoms with E-state index in [1.165, 1.54) is 0 Å². The zero-order chi connectivity index (χ0) is 16.2. The molecule has 1 atom stereocenters. The van der Waals surface area contributed by atoms with E-state index in [1.807, 2.05) is 37.4 Å². The maximum atomic E-state index is 12.3. The Balaban J connectivity index is 1.75. The Bertz CT molecular complexity index is 739. The van der Waals surface area contributed by atoms with Crippen molar-refractivity contribution in [2.24, 2.45) is 0 Å². The molecule has 2 N–H and O–H groups in total. The van der Waals surface area contributed by atoms with Crippen molar-refractivity contribution in [3.63, 3.8) is 0 Å². The summed E-state index contributed by atoms with van der Waals surface area (Å²) in [6, 6.07) is 13.1. The van der Waals surface area contributed by atoms with Crippen molar-refractivity contribution in [3.05, 3.63) is 58.4 Å². The minimum atomic E-state index is -0.354. The molecule has 1 aliphatic heterocycles. The summed E-state index contributed by atoms with van der Waals surface area (Å²) in [5, 5.41) is 2.97. The van der Waals surface area contributed by atoms with Crippen LogP contribution in [0.4, 0.5) is 0 Å². The van der Waals surface area contributed by atoms with Crippen molar-refractivity contribution in [2.75, 3.05) is 20.1 Å². The molecule has 1 aromatic carbocycles. The lowest BCUT2D eigenvalue weighted by molar-refractivity contribution is 0.0911. The van der Waals surface area contributed by atoms with Crippen LogP contribution in [0, 0.1) is 0 Å². The van der Waals surface area contributed by atoms with E-state index in [0.29, 0.717) is 5.69 Å². The highest BCUT2D eigenvalue weighted by Gasteiger charge is 2.20. The number of aromatic amines is 1. The molecule has 1 amide bonds. The molecule has 1 aromatic heterocycles. The number of likely N-dealkylation sites (N-methyl/N-ethyl adjacent to an activating group) is 1. The number of likely N-dealkylation sites (tertiary alicyclic amines) is 1. The summed E-state index contributed by atoms with van der Waals surface area (Å²) >= 11 is 0. The third-order valence-corrected chi connectivity index (χ3v) is 4.20. The lowest BCUT2D eigenvalue weighted by atomic mass is 10.1. The van der Waals surface area contributed by atoms with Gasteiger partial charge in [-0.15, -0.1) is 0 Å². The van der Waals surface area contributed by atoms with E-state index in [2.05, 4.69) is 15.2 Å². The Hall–Kier alpha value is -2.40. The lowest BCUT2D eigenvalue weighted by Crippen LogP contribution is -2.47. The van der Waals surface area contributed by atoms with Crippen LogP contribution < -0.4 is 10.9 Å². The first kappa shape index (κ1) is 15.5. The van der Waals surface area contributed by atoms with Gasteiger partial charge < -0.3 is 15.2 Å². The third-order valence-electron chi connectivity index (χ3n) is 4.20. The Morgan fingerprint density at radius 2 is 2.00 bits per heavy atom. The number of nitrogens with zero attached hydrogens (tertiary/aromatic N) is 1. The first-order valence-corrected chi connectivity index (χ1v) is 7.91. The lowest BCUT2D eigenvalue weighted by Gasteiger charge is -2.30. The number of carbonyl (C=O) groups excluding carboxylic acids is 1. The predicted molar refractivity (Wildman–Crippen MR) is 90.5 cm³/mol. The highest BCUT2D eigenvalue weighted by atomic mass is 16.2. The normalized spacial score (nSPS) is 18.6. The van der Waals surface area contributed by atoms with Crippen molar-refractivity contribution >= 4 is 5.91 Å². The molecule has 0 bridgehead atoms. The Labute approximate surface area is 135 Å². The number of hydrogen-bond acceptors (Lipinski definition) is 3. The number of carbonyl (C=O) groups is 1. The molecule has 2 heterocycles. The van der Waals surface area contributed by atoms with Gasteiger partial charge in [-0.1, -0.05) is 30.3 Å². The Morgan fingerprint density at radius 1 is 1.22 bits per heavy atom. The second-order valence-corrected chi connectivity index (χ2v) is 6.06. The van der Waals surface area contributed by atoms with Crippen LogP contribution in [0.2, 0.25) is 0 Å².